The minimum absolute atomic E-state index is 0.198. The molecule has 0 spiro atoms. The van der Waals surface area contributed by atoms with E-state index in [9.17, 15) is 4.79 Å². The van der Waals surface area contributed by atoms with Gasteiger partial charge in [-0.2, -0.15) is 4.80 Å². The van der Waals surface area contributed by atoms with Crippen molar-refractivity contribution in [3.63, 3.8) is 0 Å². The summed E-state index contributed by atoms with van der Waals surface area (Å²) in [5.41, 5.74) is 2.64. The number of hydrogen-bond donors (Lipinski definition) is 2. The molecule has 1 amide bonds. The molecule has 1 aromatic heterocycles. The summed E-state index contributed by atoms with van der Waals surface area (Å²) in [6, 6.07) is 5.52. The minimum Gasteiger partial charge on any atom is -0.385 e. The van der Waals surface area contributed by atoms with Crippen LogP contribution in [0.2, 0.25) is 0 Å². The maximum Gasteiger partial charge on any atom is 0.270 e. The van der Waals surface area contributed by atoms with Crippen LogP contribution in [-0.4, -0.2) is 32.7 Å². The average molecular weight is 274 g/mol. The largest absolute Gasteiger partial charge is 0.385 e. The number of amides is 1. The van der Waals surface area contributed by atoms with Gasteiger partial charge in [-0.05, 0) is 42.3 Å². The van der Waals surface area contributed by atoms with E-state index in [2.05, 4.69) is 33.0 Å². The van der Waals surface area contributed by atoms with E-state index in [1.807, 2.05) is 19.1 Å². The summed E-state index contributed by atoms with van der Waals surface area (Å²) in [5.74, 6) is -0.0496. The van der Waals surface area contributed by atoms with E-state index in [1.54, 1.807) is 13.1 Å². The Morgan fingerprint density at radius 3 is 2.80 bits per heavy atom. The van der Waals surface area contributed by atoms with Gasteiger partial charge in [0.1, 0.15) is 0 Å². The Kier molecular flexibility index (Phi) is 4.29. The third kappa shape index (κ3) is 3.31. The van der Waals surface area contributed by atoms with Crippen molar-refractivity contribution in [2.45, 2.75) is 20.3 Å². The first kappa shape index (κ1) is 14.0. The van der Waals surface area contributed by atoms with E-state index in [0.29, 0.717) is 5.56 Å². The first-order chi connectivity index (χ1) is 9.60. The highest BCUT2D eigenvalue weighted by molar-refractivity contribution is 6.03. The number of rotatable bonds is 5. The second kappa shape index (κ2) is 6.14. The zero-order chi connectivity index (χ0) is 14.5. The second-order valence-corrected chi connectivity index (χ2v) is 4.51. The van der Waals surface area contributed by atoms with Gasteiger partial charge in [0.2, 0.25) is 0 Å². The second-order valence-electron chi connectivity index (χ2n) is 4.51. The molecule has 1 heterocycles. The van der Waals surface area contributed by atoms with E-state index in [-0.39, 0.29) is 11.9 Å². The Balaban J connectivity index is 2.08. The molecule has 7 nitrogen and oxygen atoms in total. The Bertz CT molecular complexity index is 607. The zero-order valence-electron chi connectivity index (χ0n) is 11.8. The Morgan fingerprint density at radius 2 is 2.20 bits per heavy atom. The lowest BCUT2D eigenvalue weighted by Gasteiger charge is -2.10. The molecule has 2 aromatic rings. The molecule has 0 aliphatic heterocycles. The fourth-order valence-corrected chi connectivity index (χ4v) is 1.77. The first-order valence-corrected chi connectivity index (χ1v) is 6.50. The summed E-state index contributed by atoms with van der Waals surface area (Å²) >= 11 is 0. The van der Waals surface area contributed by atoms with Crippen LogP contribution in [0.4, 0.5) is 11.6 Å². The van der Waals surface area contributed by atoms with Gasteiger partial charge in [0.25, 0.3) is 11.9 Å². The molecular weight excluding hydrogens is 256 g/mol. The highest BCUT2D eigenvalue weighted by atomic mass is 16.1. The van der Waals surface area contributed by atoms with Gasteiger partial charge >= 0.3 is 0 Å². The molecule has 2 rings (SSSR count). The number of aromatic nitrogens is 4. The fraction of sp³-hybridized carbons (Fsp3) is 0.385. The number of anilines is 2. The van der Waals surface area contributed by atoms with Crippen LogP contribution in [0.1, 0.15) is 29.3 Å². The molecule has 0 saturated carbocycles. The van der Waals surface area contributed by atoms with Crippen molar-refractivity contribution in [3.05, 3.63) is 29.3 Å². The van der Waals surface area contributed by atoms with Crippen LogP contribution >= 0.6 is 0 Å². The van der Waals surface area contributed by atoms with Crippen molar-refractivity contribution in [2.24, 2.45) is 7.05 Å². The molecule has 1 aromatic carbocycles. The SMILES string of the molecule is CCCNc1ccc(C(=O)Nc2nnn(C)n2)cc1C. The first-order valence-electron chi connectivity index (χ1n) is 6.50. The maximum atomic E-state index is 12.1. The molecule has 2 N–H and O–H groups in total. The van der Waals surface area contributed by atoms with Gasteiger partial charge in [0.15, 0.2) is 0 Å². The highest BCUT2D eigenvalue weighted by Gasteiger charge is 2.10. The summed E-state index contributed by atoms with van der Waals surface area (Å²) in [6.45, 7) is 4.99. The molecule has 0 unspecified atom stereocenters. The van der Waals surface area contributed by atoms with E-state index < -0.39 is 0 Å². The van der Waals surface area contributed by atoms with Crippen LogP contribution < -0.4 is 10.6 Å². The summed E-state index contributed by atoms with van der Waals surface area (Å²) in [6.07, 6.45) is 1.06. The van der Waals surface area contributed by atoms with Gasteiger partial charge in [0.05, 0.1) is 7.05 Å². The molecular formula is C13H18N6O. The predicted molar refractivity (Wildman–Crippen MR) is 76.7 cm³/mol. The lowest BCUT2D eigenvalue weighted by Crippen LogP contribution is -2.14. The molecule has 20 heavy (non-hydrogen) atoms. The van der Waals surface area contributed by atoms with Crippen molar-refractivity contribution in [3.8, 4) is 0 Å². The van der Waals surface area contributed by atoms with Gasteiger partial charge in [-0.15, -0.1) is 5.10 Å². The molecule has 0 atom stereocenters. The fourth-order valence-electron chi connectivity index (χ4n) is 1.77. The third-order valence-electron chi connectivity index (χ3n) is 2.79. The normalized spacial score (nSPS) is 10.3. The number of carbonyl (C=O) groups excluding carboxylic acids is 1. The molecule has 0 aliphatic rings. The van der Waals surface area contributed by atoms with Crippen LogP contribution in [0, 0.1) is 6.92 Å². The molecule has 7 heteroatoms. The predicted octanol–water partition coefficient (Wildman–Crippen LogP) is 1.59. The molecule has 0 radical (unpaired) electrons. The topological polar surface area (TPSA) is 84.7 Å². The quantitative estimate of drug-likeness (QED) is 0.865. The maximum absolute atomic E-state index is 12.1. The third-order valence-corrected chi connectivity index (χ3v) is 2.79. The van der Waals surface area contributed by atoms with Crippen LogP contribution in [0.25, 0.3) is 0 Å². The van der Waals surface area contributed by atoms with Gasteiger partial charge < -0.3 is 5.32 Å². The summed E-state index contributed by atoms with van der Waals surface area (Å²) in [5, 5.41) is 17.2. The lowest BCUT2D eigenvalue weighted by molar-refractivity contribution is 0.102. The van der Waals surface area contributed by atoms with E-state index >= 15 is 0 Å². The summed E-state index contributed by atoms with van der Waals surface area (Å²) < 4.78 is 0. The summed E-state index contributed by atoms with van der Waals surface area (Å²) in [4.78, 5) is 13.3. The smallest absolute Gasteiger partial charge is 0.270 e. The number of aryl methyl sites for hydroxylation is 2. The minimum atomic E-state index is -0.247. The standard InChI is InChI=1S/C13H18N6O/c1-4-7-14-11-6-5-10(8-9(11)2)12(20)15-13-16-18-19(3)17-13/h5-6,8,14H,4,7H2,1-3H3,(H,15,17,20). The van der Waals surface area contributed by atoms with Crippen molar-refractivity contribution in [1.29, 1.82) is 0 Å². The van der Waals surface area contributed by atoms with E-state index in [1.165, 1.54) is 4.80 Å². The van der Waals surface area contributed by atoms with Gasteiger partial charge in [-0.3, -0.25) is 10.1 Å². The van der Waals surface area contributed by atoms with Crippen LogP contribution in [0.15, 0.2) is 18.2 Å². The highest BCUT2D eigenvalue weighted by Crippen LogP contribution is 2.17. The Hall–Kier alpha value is -2.44. The van der Waals surface area contributed by atoms with Crippen LogP contribution in [-0.2, 0) is 7.05 Å². The van der Waals surface area contributed by atoms with Crippen LogP contribution in [0.5, 0.6) is 0 Å². The molecule has 0 saturated heterocycles. The molecule has 0 bridgehead atoms. The van der Waals surface area contributed by atoms with Gasteiger partial charge in [-0.1, -0.05) is 12.0 Å². The van der Waals surface area contributed by atoms with Crippen LogP contribution in [0.3, 0.4) is 0 Å². The monoisotopic (exact) mass is 274 g/mol. The number of benzene rings is 1. The number of tetrazole rings is 1. The lowest BCUT2D eigenvalue weighted by atomic mass is 10.1. The van der Waals surface area contributed by atoms with E-state index in [0.717, 1.165) is 24.2 Å². The molecule has 0 aliphatic carbocycles. The number of hydrogen-bond acceptors (Lipinski definition) is 5. The number of carbonyl (C=O) groups is 1. The molecule has 106 valence electrons. The zero-order valence-corrected chi connectivity index (χ0v) is 11.8. The molecule has 0 fully saturated rings. The van der Waals surface area contributed by atoms with Crippen molar-refractivity contribution in [1.82, 2.24) is 20.2 Å². The van der Waals surface area contributed by atoms with Gasteiger partial charge in [-0.25, -0.2) is 0 Å². The van der Waals surface area contributed by atoms with Crippen molar-refractivity contribution < 1.29 is 4.79 Å². The van der Waals surface area contributed by atoms with Crippen molar-refractivity contribution in [2.75, 3.05) is 17.2 Å². The number of nitrogens with zero attached hydrogens (tertiary/aromatic N) is 4. The Morgan fingerprint density at radius 1 is 1.40 bits per heavy atom. The number of nitrogens with one attached hydrogen (secondary N) is 2. The Labute approximate surface area is 117 Å². The average Bonchev–Trinajstić information content (AvgIpc) is 2.82. The van der Waals surface area contributed by atoms with E-state index in [4.69, 9.17) is 0 Å². The summed E-state index contributed by atoms with van der Waals surface area (Å²) in [7, 11) is 1.64. The van der Waals surface area contributed by atoms with Crippen molar-refractivity contribution >= 4 is 17.5 Å². The van der Waals surface area contributed by atoms with Gasteiger partial charge in [0, 0.05) is 17.8 Å².